The van der Waals surface area contributed by atoms with Gasteiger partial charge in [0.2, 0.25) is 5.91 Å². The van der Waals surface area contributed by atoms with Crippen LogP contribution in [0.3, 0.4) is 0 Å². The Balaban J connectivity index is 1.75. The van der Waals surface area contributed by atoms with Gasteiger partial charge in [-0.1, -0.05) is 25.0 Å². The van der Waals surface area contributed by atoms with Crippen molar-refractivity contribution in [3.05, 3.63) is 29.8 Å². The number of aliphatic carboxylic acids is 1. The van der Waals surface area contributed by atoms with Gasteiger partial charge in [0.15, 0.2) is 0 Å². The highest BCUT2D eigenvalue weighted by Gasteiger charge is 2.46. The zero-order chi connectivity index (χ0) is 20.1. The summed E-state index contributed by atoms with van der Waals surface area (Å²) in [6, 6.07) is 7.87. The number of amides is 1. The Hall–Kier alpha value is -2.12. The van der Waals surface area contributed by atoms with Crippen molar-refractivity contribution in [2.45, 2.75) is 37.2 Å². The third-order valence-corrected chi connectivity index (χ3v) is 5.84. The predicted octanol–water partition coefficient (Wildman–Crippen LogP) is 1.75. The van der Waals surface area contributed by atoms with Crippen LogP contribution in [0.1, 0.15) is 31.2 Å². The molecule has 1 aliphatic carbocycles. The van der Waals surface area contributed by atoms with E-state index < -0.39 is 11.4 Å². The highest BCUT2D eigenvalue weighted by atomic mass is 16.5. The van der Waals surface area contributed by atoms with Gasteiger partial charge < -0.3 is 19.5 Å². The average molecular weight is 390 g/mol. The highest BCUT2D eigenvalue weighted by molar-refractivity contribution is 5.89. The molecule has 1 saturated heterocycles. The molecule has 1 amide bonds. The summed E-state index contributed by atoms with van der Waals surface area (Å²) in [7, 11) is 3.40. The van der Waals surface area contributed by atoms with Crippen molar-refractivity contribution in [3.8, 4) is 5.75 Å². The number of morpholine rings is 1. The summed E-state index contributed by atoms with van der Waals surface area (Å²) >= 11 is 0. The quantitative estimate of drug-likeness (QED) is 0.764. The van der Waals surface area contributed by atoms with E-state index in [2.05, 4.69) is 0 Å². The summed E-state index contributed by atoms with van der Waals surface area (Å²) in [4.78, 5) is 28.2. The first-order valence-electron chi connectivity index (χ1n) is 9.90. The molecule has 2 aliphatic rings. The number of rotatable bonds is 7. The molecule has 1 aromatic carbocycles. The summed E-state index contributed by atoms with van der Waals surface area (Å²) in [5.74, 6) is 0.0633. The Morgan fingerprint density at radius 3 is 2.79 bits per heavy atom. The Kier molecular flexibility index (Phi) is 6.57. The van der Waals surface area contributed by atoms with Gasteiger partial charge in [0.25, 0.3) is 0 Å². The van der Waals surface area contributed by atoms with Crippen molar-refractivity contribution in [1.82, 2.24) is 9.80 Å². The zero-order valence-corrected chi connectivity index (χ0v) is 16.7. The van der Waals surface area contributed by atoms with E-state index >= 15 is 0 Å². The number of carboxylic acid groups (broad SMARTS) is 1. The van der Waals surface area contributed by atoms with E-state index in [9.17, 15) is 9.59 Å². The van der Waals surface area contributed by atoms with Gasteiger partial charge in [-0.2, -0.15) is 0 Å². The van der Waals surface area contributed by atoms with Crippen LogP contribution < -0.4 is 4.74 Å². The highest BCUT2D eigenvalue weighted by Crippen LogP contribution is 2.43. The van der Waals surface area contributed by atoms with Gasteiger partial charge in [0, 0.05) is 19.6 Å². The van der Waals surface area contributed by atoms with Crippen LogP contribution in [0.15, 0.2) is 24.3 Å². The Labute approximate surface area is 166 Å². The Morgan fingerprint density at radius 2 is 2.11 bits per heavy atom. The number of benzene rings is 1. The van der Waals surface area contributed by atoms with Crippen LogP contribution in [0.5, 0.6) is 5.75 Å². The van der Waals surface area contributed by atoms with Crippen molar-refractivity contribution in [1.29, 1.82) is 0 Å². The lowest BCUT2D eigenvalue weighted by molar-refractivity contribution is -0.146. The number of methoxy groups -OCH3 is 1. The molecule has 1 unspecified atom stereocenters. The number of carbonyl (C=O) groups excluding carboxylic acids is 1. The van der Waals surface area contributed by atoms with Crippen molar-refractivity contribution < 1.29 is 24.2 Å². The summed E-state index contributed by atoms with van der Waals surface area (Å²) in [5, 5.41) is 8.94. The minimum Gasteiger partial charge on any atom is -0.497 e. The first-order chi connectivity index (χ1) is 13.4. The second kappa shape index (κ2) is 8.92. The second-order valence-corrected chi connectivity index (χ2v) is 7.86. The molecule has 7 nitrogen and oxygen atoms in total. The predicted molar refractivity (Wildman–Crippen MR) is 105 cm³/mol. The maximum absolute atomic E-state index is 13.7. The second-order valence-electron chi connectivity index (χ2n) is 7.86. The minimum atomic E-state index is -0.867. The van der Waals surface area contributed by atoms with E-state index in [0.717, 1.165) is 37.0 Å². The van der Waals surface area contributed by atoms with Gasteiger partial charge >= 0.3 is 5.97 Å². The molecule has 0 spiro atoms. The molecule has 28 heavy (non-hydrogen) atoms. The molecular formula is C21H30N2O5. The number of hydrogen-bond donors (Lipinski definition) is 1. The molecule has 154 valence electrons. The molecule has 3 rings (SSSR count). The molecule has 0 radical (unpaired) electrons. The SMILES string of the molecule is COc1cccc(C2(C(=O)N3CCOC(CN(C)CC(=O)O)C3)CCCC2)c1. The largest absolute Gasteiger partial charge is 0.497 e. The van der Waals surface area contributed by atoms with Crippen LogP contribution in [-0.2, 0) is 19.7 Å². The number of likely N-dealkylation sites (N-methyl/N-ethyl adjacent to an activating group) is 1. The minimum absolute atomic E-state index is 0.0401. The van der Waals surface area contributed by atoms with Gasteiger partial charge in [-0.15, -0.1) is 0 Å². The molecule has 1 aromatic rings. The molecule has 0 aromatic heterocycles. The lowest BCUT2D eigenvalue weighted by Gasteiger charge is -2.40. The zero-order valence-electron chi connectivity index (χ0n) is 16.7. The summed E-state index contributed by atoms with van der Waals surface area (Å²) < 4.78 is 11.2. The molecule has 2 fully saturated rings. The van der Waals surface area contributed by atoms with E-state index in [1.54, 1.807) is 19.1 Å². The topological polar surface area (TPSA) is 79.3 Å². The monoisotopic (exact) mass is 390 g/mol. The van der Waals surface area contributed by atoms with Crippen LogP contribution in [-0.4, -0.2) is 79.8 Å². The summed E-state index contributed by atoms with van der Waals surface area (Å²) in [5.41, 5.74) is 0.532. The number of nitrogens with zero attached hydrogens (tertiary/aromatic N) is 2. The molecule has 1 N–H and O–H groups in total. The summed E-state index contributed by atoms with van der Waals surface area (Å²) in [6.45, 7) is 1.99. The van der Waals surface area contributed by atoms with Crippen molar-refractivity contribution in [3.63, 3.8) is 0 Å². The van der Waals surface area contributed by atoms with Gasteiger partial charge in [-0.25, -0.2) is 0 Å². The van der Waals surface area contributed by atoms with Crippen LogP contribution in [0.25, 0.3) is 0 Å². The van der Waals surface area contributed by atoms with Crippen LogP contribution >= 0.6 is 0 Å². The van der Waals surface area contributed by atoms with Gasteiger partial charge in [-0.3, -0.25) is 14.5 Å². The molecular weight excluding hydrogens is 360 g/mol. The van der Waals surface area contributed by atoms with Crippen molar-refractivity contribution in [2.24, 2.45) is 0 Å². The van der Waals surface area contributed by atoms with Crippen molar-refractivity contribution in [2.75, 3.05) is 46.9 Å². The lowest BCUT2D eigenvalue weighted by Crippen LogP contribution is -2.54. The van der Waals surface area contributed by atoms with E-state index in [0.29, 0.717) is 26.2 Å². The fraction of sp³-hybridized carbons (Fsp3) is 0.619. The van der Waals surface area contributed by atoms with E-state index in [4.69, 9.17) is 14.6 Å². The number of carboxylic acids is 1. The normalized spacial score (nSPS) is 21.7. The van der Waals surface area contributed by atoms with Crippen LogP contribution in [0, 0.1) is 0 Å². The molecule has 1 aliphatic heterocycles. The van der Waals surface area contributed by atoms with Crippen molar-refractivity contribution >= 4 is 11.9 Å². The standard InChI is InChI=1S/C21H30N2O5/c1-22(15-19(24)25)13-18-14-23(10-11-28-18)20(26)21(8-3-4-9-21)16-6-5-7-17(12-16)27-2/h5-7,12,18H,3-4,8-11,13-15H2,1-2H3,(H,24,25). The lowest BCUT2D eigenvalue weighted by atomic mass is 9.77. The van der Waals surface area contributed by atoms with E-state index in [1.807, 2.05) is 29.2 Å². The van der Waals surface area contributed by atoms with Gasteiger partial charge in [0.1, 0.15) is 5.75 Å². The van der Waals surface area contributed by atoms with E-state index in [-0.39, 0.29) is 18.6 Å². The van der Waals surface area contributed by atoms with Gasteiger partial charge in [-0.05, 0) is 37.6 Å². The Morgan fingerprint density at radius 1 is 1.36 bits per heavy atom. The van der Waals surface area contributed by atoms with Crippen LogP contribution in [0.4, 0.5) is 0 Å². The molecule has 0 bridgehead atoms. The number of ether oxygens (including phenoxy) is 2. The summed E-state index contributed by atoms with van der Waals surface area (Å²) in [6.07, 6.45) is 3.60. The first kappa shape index (κ1) is 20.6. The Bertz CT molecular complexity index is 702. The smallest absolute Gasteiger partial charge is 0.317 e. The van der Waals surface area contributed by atoms with Crippen LogP contribution in [0.2, 0.25) is 0 Å². The first-order valence-corrected chi connectivity index (χ1v) is 9.90. The molecule has 7 heteroatoms. The van der Waals surface area contributed by atoms with E-state index in [1.165, 1.54) is 0 Å². The fourth-order valence-corrected chi connectivity index (χ4v) is 4.49. The average Bonchev–Trinajstić information content (AvgIpc) is 3.18. The maximum Gasteiger partial charge on any atom is 0.317 e. The number of hydrogen-bond acceptors (Lipinski definition) is 5. The molecule has 1 atom stereocenters. The third-order valence-electron chi connectivity index (χ3n) is 5.84. The van der Waals surface area contributed by atoms with Gasteiger partial charge in [0.05, 0.1) is 31.8 Å². The molecule has 1 heterocycles. The fourth-order valence-electron chi connectivity index (χ4n) is 4.49. The maximum atomic E-state index is 13.7. The number of carbonyl (C=O) groups is 2. The molecule has 1 saturated carbocycles. The third kappa shape index (κ3) is 4.47.